The van der Waals surface area contributed by atoms with Gasteiger partial charge in [0.05, 0.1) is 18.9 Å². The van der Waals surface area contributed by atoms with Gasteiger partial charge in [-0.25, -0.2) is 4.79 Å². The van der Waals surface area contributed by atoms with E-state index in [0.29, 0.717) is 5.69 Å². The number of H-pyrrole nitrogens is 1. The van der Waals surface area contributed by atoms with Crippen LogP contribution in [0, 0.1) is 6.92 Å². The van der Waals surface area contributed by atoms with Crippen LogP contribution in [0.2, 0.25) is 0 Å². The Labute approximate surface area is 109 Å². The monoisotopic (exact) mass is 269 g/mol. The average molecular weight is 269 g/mol. The van der Waals surface area contributed by atoms with Crippen LogP contribution in [0.15, 0.2) is 6.20 Å². The van der Waals surface area contributed by atoms with Gasteiger partial charge in [-0.3, -0.25) is 14.7 Å². The molecule has 19 heavy (non-hydrogen) atoms. The van der Waals surface area contributed by atoms with Crippen molar-refractivity contribution in [2.45, 2.75) is 25.8 Å². The van der Waals surface area contributed by atoms with Gasteiger partial charge in [0, 0.05) is 12.1 Å². The lowest BCUT2D eigenvalue weighted by Gasteiger charge is -2.13. The first-order valence-electron chi connectivity index (χ1n) is 5.56. The summed E-state index contributed by atoms with van der Waals surface area (Å²) < 4.78 is 4.42. The largest absolute Gasteiger partial charge is 0.480 e. The molecule has 0 aromatic carbocycles. The molecule has 8 heteroatoms. The fraction of sp³-hybridized carbons (Fsp3) is 0.455. The molecule has 1 atom stereocenters. The zero-order valence-electron chi connectivity index (χ0n) is 10.6. The first-order valence-corrected chi connectivity index (χ1v) is 5.56. The van der Waals surface area contributed by atoms with Crippen LogP contribution in [0.5, 0.6) is 0 Å². The van der Waals surface area contributed by atoms with E-state index in [0.717, 1.165) is 0 Å². The number of aromatic nitrogens is 2. The van der Waals surface area contributed by atoms with Crippen LogP contribution in [0.4, 0.5) is 0 Å². The Balaban J connectivity index is 2.64. The zero-order valence-corrected chi connectivity index (χ0v) is 10.6. The van der Waals surface area contributed by atoms with Crippen LogP contribution in [0.25, 0.3) is 0 Å². The van der Waals surface area contributed by atoms with E-state index in [9.17, 15) is 14.4 Å². The van der Waals surface area contributed by atoms with Crippen LogP contribution in [0.1, 0.15) is 28.9 Å². The number of carboxylic acid groups (broad SMARTS) is 1. The van der Waals surface area contributed by atoms with Gasteiger partial charge in [-0.15, -0.1) is 0 Å². The van der Waals surface area contributed by atoms with Crippen molar-refractivity contribution in [2.75, 3.05) is 7.11 Å². The number of hydrogen-bond acceptors (Lipinski definition) is 5. The number of nitrogens with zero attached hydrogens (tertiary/aromatic N) is 1. The van der Waals surface area contributed by atoms with Crippen LogP contribution < -0.4 is 5.32 Å². The highest BCUT2D eigenvalue weighted by Crippen LogP contribution is 2.05. The first kappa shape index (κ1) is 14.7. The first-order chi connectivity index (χ1) is 8.95. The molecule has 1 aromatic heterocycles. The smallest absolute Gasteiger partial charge is 0.326 e. The molecular weight excluding hydrogens is 254 g/mol. The summed E-state index contributed by atoms with van der Waals surface area (Å²) in [6, 6.07) is -1.15. The maximum atomic E-state index is 11.8. The van der Waals surface area contributed by atoms with E-state index in [1.807, 2.05) is 0 Å². The summed E-state index contributed by atoms with van der Waals surface area (Å²) >= 11 is 0. The van der Waals surface area contributed by atoms with E-state index in [1.165, 1.54) is 13.3 Å². The molecule has 1 amide bonds. The minimum absolute atomic E-state index is 0.0371. The molecule has 104 valence electrons. The molecule has 8 nitrogen and oxygen atoms in total. The third-order valence-corrected chi connectivity index (χ3v) is 2.54. The Morgan fingerprint density at radius 1 is 1.53 bits per heavy atom. The summed E-state index contributed by atoms with van der Waals surface area (Å²) in [6.45, 7) is 1.64. The van der Waals surface area contributed by atoms with Gasteiger partial charge in [-0.2, -0.15) is 5.10 Å². The number of aromatic amines is 1. The van der Waals surface area contributed by atoms with Crippen molar-refractivity contribution in [3.63, 3.8) is 0 Å². The maximum Gasteiger partial charge on any atom is 0.326 e. The summed E-state index contributed by atoms with van der Waals surface area (Å²) in [7, 11) is 1.21. The maximum absolute atomic E-state index is 11.8. The van der Waals surface area contributed by atoms with Gasteiger partial charge < -0.3 is 15.2 Å². The molecule has 1 aromatic rings. The third-order valence-electron chi connectivity index (χ3n) is 2.54. The lowest BCUT2D eigenvalue weighted by Crippen LogP contribution is -2.41. The van der Waals surface area contributed by atoms with Gasteiger partial charge in [0.1, 0.15) is 6.04 Å². The van der Waals surface area contributed by atoms with E-state index in [2.05, 4.69) is 20.3 Å². The third kappa shape index (κ3) is 4.09. The molecule has 0 bridgehead atoms. The molecule has 0 aliphatic heterocycles. The molecule has 0 saturated heterocycles. The van der Waals surface area contributed by atoms with Crippen molar-refractivity contribution in [3.05, 3.63) is 17.5 Å². The predicted molar refractivity (Wildman–Crippen MR) is 63.5 cm³/mol. The quantitative estimate of drug-likeness (QED) is 0.618. The number of ether oxygens (including phenoxy) is 1. The minimum atomic E-state index is -1.21. The molecule has 1 rings (SSSR count). The Hall–Kier alpha value is -2.38. The second kappa shape index (κ2) is 6.53. The lowest BCUT2D eigenvalue weighted by molar-refractivity contribution is -0.142. The summed E-state index contributed by atoms with van der Waals surface area (Å²) in [4.78, 5) is 33.8. The number of aliphatic carboxylic acids is 1. The molecule has 0 aliphatic carbocycles. The highest BCUT2D eigenvalue weighted by molar-refractivity contribution is 5.97. The predicted octanol–water partition coefficient (Wildman–Crippen LogP) is -0.146. The highest BCUT2D eigenvalue weighted by atomic mass is 16.5. The summed E-state index contributed by atoms with van der Waals surface area (Å²) in [5.41, 5.74) is 0.805. The Morgan fingerprint density at radius 3 is 2.68 bits per heavy atom. The van der Waals surface area contributed by atoms with Crippen molar-refractivity contribution in [1.29, 1.82) is 0 Å². The molecule has 1 heterocycles. The summed E-state index contributed by atoms with van der Waals surface area (Å²) in [5.74, 6) is -2.29. The molecule has 3 N–H and O–H groups in total. The summed E-state index contributed by atoms with van der Waals surface area (Å²) in [6.07, 6.45) is 1.19. The fourth-order valence-electron chi connectivity index (χ4n) is 1.44. The molecule has 0 saturated carbocycles. The van der Waals surface area contributed by atoms with Gasteiger partial charge in [0.25, 0.3) is 5.91 Å². The van der Waals surface area contributed by atoms with Crippen LogP contribution in [-0.4, -0.2) is 46.3 Å². The van der Waals surface area contributed by atoms with E-state index in [4.69, 9.17) is 5.11 Å². The molecule has 0 fully saturated rings. The summed E-state index contributed by atoms with van der Waals surface area (Å²) in [5, 5.41) is 17.6. The number of carboxylic acids is 1. The van der Waals surface area contributed by atoms with Crippen molar-refractivity contribution in [2.24, 2.45) is 0 Å². The number of nitrogens with one attached hydrogen (secondary N) is 2. The van der Waals surface area contributed by atoms with Crippen LogP contribution in [-0.2, 0) is 14.3 Å². The zero-order chi connectivity index (χ0) is 14.4. The molecule has 0 aliphatic rings. The Kier molecular flexibility index (Phi) is 5.04. The molecule has 0 unspecified atom stereocenters. The van der Waals surface area contributed by atoms with Gasteiger partial charge in [-0.1, -0.05) is 0 Å². The number of rotatable bonds is 6. The number of methoxy groups -OCH3 is 1. The van der Waals surface area contributed by atoms with Gasteiger partial charge in [-0.05, 0) is 13.3 Å². The van der Waals surface area contributed by atoms with Crippen molar-refractivity contribution < 1.29 is 24.2 Å². The number of hydrogen-bond donors (Lipinski definition) is 3. The van der Waals surface area contributed by atoms with E-state index < -0.39 is 23.9 Å². The van der Waals surface area contributed by atoms with E-state index >= 15 is 0 Å². The second-order valence-electron chi connectivity index (χ2n) is 3.89. The standard InChI is InChI=1S/C11H15N3O5/c1-6-7(5-12-14-6)10(16)13-8(11(17)18)3-4-9(15)19-2/h5,8H,3-4H2,1-2H3,(H,12,14)(H,13,16)(H,17,18)/t8-/m0/s1. The van der Waals surface area contributed by atoms with E-state index in [1.54, 1.807) is 6.92 Å². The van der Waals surface area contributed by atoms with Crippen molar-refractivity contribution >= 4 is 17.8 Å². The molecule has 0 radical (unpaired) electrons. The SMILES string of the molecule is COC(=O)CC[C@H](NC(=O)c1cn[nH]c1C)C(=O)O. The average Bonchev–Trinajstić information content (AvgIpc) is 2.79. The number of carbonyl (C=O) groups is 3. The van der Waals surface area contributed by atoms with E-state index in [-0.39, 0.29) is 18.4 Å². The van der Waals surface area contributed by atoms with Crippen LogP contribution in [0.3, 0.4) is 0 Å². The minimum Gasteiger partial charge on any atom is -0.480 e. The van der Waals surface area contributed by atoms with Gasteiger partial charge in [0.15, 0.2) is 0 Å². The van der Waals surface area contributed by atoms with Crippen molar-refractivity contribution in [3.8, 4) is 0 Å². The Morgan fingerprint density at radius 2 is 2.21 bits per heavy atom. The number of esters is 1. The molecular formula is C11H15N3O5. The fourth-order valence-corrected chi connectivity index (χ4v) is 1.44. The molecule has 0 spiro atoms. The number of aryl methyl sites for hydroxylation is 1. The highest BCUT2D eigenvalue weighted by Gasteiger charge is 2.23. The topological polar surface area (TPSA) is 121 Å². The second-order valence-corrected chi connectivity index (χ2v) is 3.89. The Bertz CT molecular complexity index is 482. The normalized spacial score (nSPS) is 11.7. The lowest BCUT2D eigenvalue weighted by atomic mass is 10.1. The number of carbonyl (C=O) groups excluding carboxylic acids is 2. The number of amides is 1. The van der Waals surface area contributed by atoms with Crippen molar-refractivity contribution in [1.82, 2.24) is 15.5 Å². The van der Waals surface area contributed by atoms with Crippen LogP contribution >= 0.6 is 0 Å². The van der Waals surface area contributed by atoms with Gasteiger partial charge in [0.2, 0.25) is 0 Å². The van der Waals surface area contributed by atoms with Gasteiger partial charge >= 0.3 is 11.9 Å².